The first-order valence-corrected chi connectivity index (χ1v) is 17.3. The minimum atomic E-state index is -4.49. The van der Waals surface area contributed by atoms with Gasteiger partial charge in [0.05, 0.1) is 6.61 Å². The van der Waals surface area contributed by atoms with E-state index in [-0.39, 0.29) is 19.1 Å². The van der Waals surface area contributed by atoms with Crippen molar-refractivity contribution in [2.45, 2.75) is 83.8 Å². The Morgan fingerprint density at radius 3 is 1.92 bits per heavy atom. The van der Waals surface area contributed by atoms with Gasteiger partial charge in [-0.15, -0.1) is 0 Å². The number of hydrogen-bond acceptors (Lipinski definition) is 10. The van der Waals surface area contributed by atoms with Crippen molar-refractivity contribution < 1.29 is 46.8 Å². The molecule has 0 amide bonds. The highest BCUT2D eigenvalue weighted by Crippen LogP contribution is 2.45. The third-order valence-electron chi connectivity index (χ3n) is 7.44. The fourth-order valence-electron chi connectivity index (χ4n) is 4.88. The number of halogens is 2. The van der Waals surface area contributed by atoms with Crippen molar-refractivity contribution in [3.8, 4) is 0 Å². The first-order valence-electron chi connectivity index (χ1n) is 15.7. The summed E-state index contributed by atoms with van der Waals surface area (Å²) in [7, 11) is -4.49. The van der Waals surface area contributed by atoms with E-state index >= 15 is 8.78 Å². The molecule has 1 fully saturated rings. The molecule has 49 heavy (non-hydrogen) atoms. The quantitative estimate of drug-likeness (QED) is 0.145. The third-order valence-corrected chi connectivity index (χ3v) is 9.41. The molecule has 1 aliphatic rings. The van der Waals surface area contributed by atoms with Crippen molar-refractivity contribution in [3.05, 3.63) is 100 Å². The Bertz CT molecular complexity index is 1600. The second kappa shape index (κ2) is 16.7. The molecule has 3 aromatic rings. The molecule has 0 bridgehead atoms. The van der Waals surface area contributed by atoms with Gasteiger partial charge in [-0.2, -0.15) is 13.8 Å². The lowest BCUT2D eigenvalue weighted by atomic mass is 10.1. The van der Waals surface area contributed by atoms with Crippen molar-refractivity contribution in [2.24, 2.45) is 5.92 Å². The molecule has 3 N–H and O–H groups in total. The number of aromatic nitrogens is 2. The van der Waals surface area contributed by atoms with Crippen molar-refractivity contribution in [1.82, 2.24) is 19.7 Å². The Morgan fingerprint density at radius 2 is 1.45 bits per heavy atom. The smallest absolute Gasteiger partial charge is 0.350 e. The molecule has 0 saturated carbocycles. The number of carbonyl (C=O) groups is 2. The normalized spacial score (nSPS) is 20.1. The first kappa shape index (κ1) is 38.0. The van der Waals surface area contributed by atoms with Crippen molar-refractivity contribution in [2.75, 3.05) is 6.61 Å². The Balaban J connectivity index is 1.47. The lowest BCUT2D eigenvalue weighted by Gasteiger charge is -2.27. The van der Waals surface area contributed by atoms with E-state index < -0.39 is 68.3 Å². The molecular formula is C33H41F2N4O9P. The van der Waals surface area contributed by atoms with Crippen LogP contribution in [-0.4, -0.2) is 63.4 Å². The number of alkyl halides is 2. The molecule has 1 saturated heterocycles. The predicted octanol–water partition coefficient (Wildman–Crippen LogP) is 3.90. The number of ether oxygens (including phenoxy) is 3. The van der Waals surface area contributed by atoms with E-state index in [1.165, 1.54) is 19.9 Å². The Kier molecular flexibility index (Phi) is 12.9. The van der Waals surface area contributed by atoms with Crippen LogP contribution in [0.3, 0.4) is 0 Å². The van der Waals surface area contributed by atoms with E-state index in [2.05, 4.69) is 15.2 Å². The number of carbonyl (C=O) groups excluding carboxylic acids is 2. The second-order valence-electron chi connectivity index (χ2n) is 12.1. The first-order chi connectivity index (χ1) is 23.2. The number of aliphatic hydroxyl groups excluding tert-OH is 1. The van der Waals surface area contributed by atoms with Crippen LogP contribution in [0, 0.1) is 5.92 Å². The van der Waals surface area contributed by atoms with Gasteiger partial charge in [0, 0.05) is 11.9 Å². The molecule has 1 aromatic heterocycles. The number of aliphatic hydroxyl groups is 1. The maximum Gasteiger partial charge on any atom is 0.350 e. The molecule has 4 rings (SSSR count). The van der Waals surface area contributed by atoms with Crippen LogP contribution in [0.5, 0.6) is 0 Å². The molecule has 0 radical (unpaired) electrons. The molecule has 0 unspecified atom stereocenters. The average Bonchev–Trinajstić information content (AvgIpc) is 3.29. The van der Waals surface area contributed by atoms with E-state index in [1.807, 2.05) is 13.8 Å². The zero-order chi connectivity index (χ0) is 35.8. The second-order valence-corrected chi connectivity index (χ2v) is 14.0. The molecule has 5 atom stereocenters. The van der Waals surface area contributed by atoms with Crippen molar-refractivity contribution in [1.29, 1.82) is 0 Å². The topological polar surface area (TPSA) is 167 Å². The summed E-state index contributed by atoms with van der Waals surface area (Å²) < 4.78 is 66.8. The fraction of sp³-hybridized carbons (Fsp3) is 0.455. The van der Waals surface area contributed by atoms with Gasteiger partial charge in [0.1, 0.15) is 31.4 Å². The number of nitrogens with zero attached hydrogens (tertiary/aromatic N) is 2. The van der Waals surface area contributed by atoms with Crippen LogP contribution in [-0.2, 0) is 52.5 Å². The highest BCUT2D eigenvalue weighted by atomic mass is 31.2. The van der Waals surface area contributed by atoms with Crippen molar-refractivity contribution in [3.63, 3.8) is 0 Å². The van der Waals surface area contributed by atoms with Gasteiger partial charge < -0.3 is 23.8 Å². The minimum absolute atomic E-state index is 0.0856. The lowest BCUT2D eigenvalue weighted by molar-refractivity contribution is -0.147. The third kappa shape index (κ3) is 10.3. The van der Waals surface area contributed by atoms with Crippen LogP contribution >= 0.6 is 7.67 Å². The maximum atomic E-state index is 15.3. The number of benzene rings is 2. The summed E-state index contributed by atoms with van der Waals surface area (Å²) in [6, 6.07) is 16.4. The summed E-state index contributed by atoms with van der Waals surface area (Å²) in [6.07, 6.45) is -4.97. The molecule has 0 aliphatic carbocycles. The monoisotopic (exact) mass is 706 g/mol. The van der Waals surface area contributed by atoms with Gasteiger partial charge in [-0.1, -0.05) is 74.5 Å². The van der Waals surface area contributed by atoms with Crippen molar-refractivity contribution >= 4 is 19.6 Å². The molecule has 16 heteroatoms. The number of rotatable bonds is 16. The van der Waals surface area contributed by atoms with E-state index in [0.717, 1.165) is 6.20 Å². The summed E-state index contributed by atoms with van der Waals surface area (Å²) in [5, 5.41) is 15.5. The van der Waals surface area contributed by atoms with Crippen LogP contribution in [0.15, 0.2) is 77.7 Å². The largest absolute Gasteiger partial charge is 0.460 e. The summed E-state index contributed by atoms with van der Waals surface area (Å²) in [4.78, 5) is 42.1. The SMILES string of the molecule is CC(C)Cc1ccn([C@@H]2O[C@H](COP(=O)(N[C@@H](C)C(=O)OCc3ccccc3)N[C@@H](C)C(=O)OCc3ccccc3)[C@@H](O)C2(F)F)c(=O)n1. The zero-order valence-electron chi connectivity index (χ0n) is 27.5. The maximum absolute atomic E-state index is 15.3. The van der Waals surface area contributed by atoms with Gasteiger partial charge in [0.15, 0.2) is 6.10 Å². The standard InChI is InChI=1S/C33H41F2N4O9P/c1-21(2)17-26-15-16-39(32(43)36-26)31-33(34,35)28(40)27(48-31)20-47-49(44,37-22(3)29(41)45-18-24-11-7-5-8-12-24)38-23(4)30(42)46-19-25-13-9-6-10-14-25/h5-16,21-23,27-28,31,40H,17-20H2,1-4H3,(H2,37,38,44)/t22-,23-,27+,28+,31+/m0/s1. The van der Waals surface area contributed by atoms with E-state index in [0.29, 0.717) is 27.8 Å². The number of nitrogens with one attached hydrogen (secondary N) is 2. The Morgan fingerprint density at radius 1 is 0.939 bits per heavy atom. The minimum Gasteiger partial charge on any atom is -0.460 e. The van der Waals surface area contributed by atoms with Gasteiger partial charge in [-0.25, -0.2) is 15.0 Å². The van der Waals surface area contributed by atoms with Gasteiger partial charge in [-0.3, -0.25) is 18.7 Å². The van der Waals surface area contributed by atoms with Crippen LogP contribution in [0.1, 0.15) is 50.7 Å². The molecule has 13 nitrogen and oxygen atoms in total. The predicted molar refractivity (Wildman–Crippen MR) is 173 cm³/mol. The molecule has 1 aliphatic heterocycles. The van der Waals surface area contributed by atoms with Gasteiger partial charge in [0.25, 0.3) is 0 Å². The van der Waals surface area contributed by atoms with Crippen LogP contribution in [0.2, 0.25) is 0 Å². The molecule has 2 heterocycles. The lowest BCUT2D eigenvalue weighted by Crippen LogP contribution is -2.44. The van der Waals surface area contributed by atoms with Crippen LogP contribution in [0.4, 0.5) is 8.78 Å². The fourth-order valence-corrected chi connectivity index (χ4v) is 6.69. The Labute approximate surface area is 282 Å². The van der Waals surface area contributed by atoms with E-state index in [9.17, 15) is 24.1 Å². The molecule has 2 aromatic carbocycles. The summed E-state index contributed by atoms with van der Waals surface area (Å²) in [5.74, 6) is -5.47. The van der Waals surface area contributed by atoms with E-state index in [4.69, 9.17) is 18.7 Å². The average molecular weight is 707 g/mol. The summed E-state index contributed by atoms with van der Waals surface area (Å²) >= 11 is 0. The zero-order valence-corrected chi connectivity index (χ0v) is 28.4. The van der Waals surface area contributed by atoms with Gasteiger partial charge >= 0.3 is 31.2 Å². The van der Waals surface area contributed by atoms with Gasteiger partial charge in [0.2, 0.25) is 6.23 Å². The summed E-state index contributed by atoms with van der Waals surface area (Å²) in [6.45, 7) is 5.40. The van der Waals surface area contributed by atoms with E-state index in [1.54, 1.807) is 60.7 Å². The summed E-state index contributed by atoms with van der Waals surface area (Å²) in [5.41, 5.74) is 0.796. The van der Waals surface area contributed by atoms with Crippen LogP contribution < -0.4 is 15.9 Å². The molecular weight excluding hydrogens is 665 g/mol. The van der Waals surface area contributed by atoms with Crippen LogP contribution in [0.25, 0.3) is 0 Å². The van der Waals surface area contributed by atoms with Gasteiger partial charge in [-0.05, 0) is 43.4 Å². The highest BCUT2D eigenvalue weighted by Gasteiger charge is 2.60. The molecule has 266 valence electrons. The number of hydrogen-bond donors (Lipinski definition) is 3. The molecule has 0 spiro atoms. The highest BCUT2D eigenvalue weighted by molar-refractivity contribution is 7.54. The number of esters is 2. The Hall–Kier alpha value is -3.85.